The van der Waals surface area contributed by atoms with Crippen LogP contribution in [0.3, 0.4) is 0 Å². The van der Waals surface area contributed by atoms with Crippen molar-refractivity contribution in [2.45, 2.75) is 6.92 Å². The number of hydrogen-bond donors (Lipinski definition) is 3. The lowest BCUT2D eigenvalue weighted by molar-refractivity contribution is -0.118. The number of amides is 2. The molecule has 3 rings (SSSR count). The van der Waals surface area contributed by atoms with Crippen molar-refractivity contribution >= 4 is 33.4 Å². The maximum atomic E-state index is 12.2. The minimum absolute atomic E-state index is 0.00376. The Labute approximate surface area is 174 Å². The summed E-state index contributed by atoms with van der Waals surface area (Å²) in [7, 11) is 0. The first-order valence-corrected chi connectivity index (χ1v) is 9.43. The summed E-state index contributed by atoms with van der Waals surface area (Å²) in [5, 5.41) is 12.9. The Morgan fingerprint density at radius 1 is 1.14 bits per heavy atom. The molecule has 0 aliphatic rings. The van der Waals surface area contributed by atoms with E-state index in [1.54, 1.807) is 24.3 Å². The van der Waals surface area contributed by atoms with Crippen molar-refractivity contribution in [1.29, 1.82) is 0 Å². The summed E-state index contributed by atoms with van der Waals surface area (Å²) in [6.07, 6.45) is 0. The number of para-hydroxylation sites is 1. The number of primary amides is 1. The van der Waals surface area contributed by atoms with Gasteiger partial charge in [0.15, 0.2) is 23.8 Å². The van der Waals surface area contributed by atoms with Crippen molar-refractivity contribution in [3.8, 4) is 22.8 Å². The molecular weight excluding hydrogens is 442 g/mol. The zero-order valence-corrected chi connectivity index (χ0v) is 17.0. The highest BCUT2D eigenvalue weighted by molar-refractivity contribution is 9.10. The van der Waals surface area contributed by atoms with E-state index in [-0.39, 0.29) is 23.9 Å². The second-order valence-electron chi connectivity index (χ2n) is 5.80. The molecule has 2 aromatic carbocycles. The lowest BCUT2D eigenvalue weighted by Crippen LogP contribution is -2.20. The van der Waals surface area contributed by atoms with E-state index in [1.165, 1.54) is 0 Å². The number of H-pyrrole nitrogens is 1. The SMILES string of the molecule is CCOc1cc(-c2n[nH]nc2C(N)=O)c(Br)cc1OCC(=O)Nc1ccccc1. The fourth-order valence-corrected chi connectivity index (χ4v) is 3.06. The van der Waals surface area contributed by atoms with Gasteiger partial charge in [0.05, 0.1) is 6.61 Å². The number of anilines is 1. The van der Waals surface area contributed by atoms with E-state index >= 15 is 0 Å². The normalized spacial score (nSPS) is 10.4. The molecular formula is C19H18BrN5O4. The van der Waals surface area contributed by atoms with Crippen LogP contribution < -0.4 is 20.5 Å². The quantitative estimate of drug-likeness (QED) is 0.474. The first-order valence-electron chi connectivity index (χ1n) is 8.64. The Kier molecular flexibility index (Phi) is 6.45. The summed E-state index contributed by atoms with van der Waals surface area (Å²) < 4.78 is 11.8. The molecule has 3 aromatic rings. The van der Waals surface area contributed by atoms with E-state index in [1.807, 2.05) is 25.1 Å². The van der Waals surface area contributed by atoms with Gasteiger partial charge in [0.2, 0.25) is 0 Å². The highest BCUT2D eigenvalue weighted by Crippen LogP contribution is 2.39. The summed E-state index contributed by atoms with van der Waals surface area (Å²) >= 11 is 3.43. The summed E-state index contributed by atoms with van der Waals surface area (Å²) in [6, 6.07) is 12.3. The van der Waals surface area contributed by atoms with Crippen molar-refractivity contribution in [3.05, 3.63) is 52.6 Å². The van der Waals surface area contributed by atoms with E-state index in [0.717, 1.165) is 0 Å². The molecule has 0 aliphatic heterocycles. The van der Waals surface area contributed by atoms with E-state index in [2.05, 4.69) is 36.7 Å². The molecule has 0 spiro atoms. The van der Waals surface area contributed by atoms with Crippen LogP contribution in [0.25, 0.3) is 11.3 Å². The number of ether oxygens (including phenoxy) is 2. The van der Waals surface area contributed by atoms with Gasteiger partial charge in [-0.1, -0.05) is 18.2 Å². The second kappa shape index (κ2) is 9.20. The van der Waals surface area contributed by atoms with Crippen LogP contribution in [0.5, 0.6) is 11.5 Å². The molecule has 4 N–H and O–H groups in total. The van der Waals surface area contributed by atoms with Crippen molar-refractivity contribution in [3.63, 3.8) is 0 Å². The molecule has 0 unspecified atom stereocenters. The zero-order valence-electron chi connectivity index (χ0n) is 15.4. The number of benzene rings is 2. The largest absolute Gasteiger partial charge is 0.490 e. The van der Waals surface area contributed by atoms with Crippen LogP contribution in [0.2, 0.25) is 0 Å². The van der Waals surface area contributed by atoms with Gasteiger partial charge < -0.3 is 20.5 Å². The van der Waals surface area contributed by atoms with E-state index in [0.29, 0.717) is 33.8 Å². The van der Waals surface area contributed by atoms with Crippen molar-refractivity contribution in [1.82, 2.24) is 15.4 Å². The number of rotatable bonds is 8. The molecule has 9 nitrogen and oxygen atoms in total. The van der Waals surface area contributed by atoms with Crippen LogP contribution in [-0.4, -0.2) is 40.4 Å². The highest BCUT2D eigenvalue weighted by atomic mass is 79.9. The molecule has 0 bridgehead atoms. The van der Waals surface area contributed by atoms with Crippen LogP contribution in [0.15, 0.2) is 46.9 Å². The minimum atomic E-state index is -0.712. The van der Waals surface area contributed by atoms with Gasteiger partial charge >= 0.3 is 0 Å². The third-order valence-electron chi connectivity index (χ3n) is 3.79. The number of nitrogens with zero attached hydrogens (tertiary/aromatic N) is 2. The summed E-state index contributed by atoms with van der Waals surface area (Å²) in [4.78, 5) is 23.7. The summed E-state index contributed by atoms with van der Waals surface area (Å²) in [6.45, 7) is 1.98. The first kappa shape index (κ1) is 20.3. The molecule has 0 radical (unpaired) electrons. The minimum Gasteiger partial charge on any atom is -0.490 e. The summed E-state index contributed by atoms with van der Waals surface area (Å²) in [5.74, 6) is -0.283. The Hall–Kier alpha value is -3.40. The maximum absolute atomic E-state index is 12.2. The van der Waals surface area contributed by atoms with Gasteiger partial charge in [0.1, 0.15) is 5.69 Å². The highest BCUT2D eigenvalue weighted by Gasteiger charge is 2.20. The van der Waals surface area contributed by atoms with E-state index < -0.39 is 5.91 Å². The van der Waals surface area contributed by atoms with Crippen LogP contribution in [0.4, 0.5) is 5.69 Å². The standard InChI is InChI=1S/C19H18BrN5O4/c1-2-28-14-8-12(17-18(19(21)27)24-25-23-17)13(20)9-15(14)29-10-16(26)22-11-6-4-3-5-7-11/h3-9H,2,10H2,1H3,(H2,21,27)(H,22,26)(H,23,24,25). The lowest BCUT2D eigenvalue weighted by atomic mass is 10.1. The van der Waals surface area contributed by atoms with Crippen molar-refractivity contribution in [2.75, 3.05) is 18.5 Å². The molecule has 1 heterocycles. The average molecular weight is 460 g/mol. The number of halogens is 1. The fourth-order valence-electron chi connectivity index (χ4n) is 2.55. The van der Waals surface area contributed by atoms with Crippen molar-refractivity contribution < 1.29 is 19.1 Å². The fraction of sp³-hybridized carbons (Fsp3) is 0.158. The number of carbonyl (C=O) groups is 2. The van der Waals surface area contributed by atoms with Gasteiger partial charge in [-0.2, -0.15) is 15.4 Å². The van der Waals surface area contributed by atoms with E-state index in [9.17, 15) is 9.59 Å². The Morgan fingerprint density at radius 2 is 1.86 bits per heavy atom. The second-order valence-corrected chi connectivity index (χ2v) is 6.65. The number of aromatic nitrogens is 3. The molecule has 150 valence electrons. The molecule has 2 amide bonds. The topological polar surface area (TPSA) is 132 Å². The van der Waals surface area contributed by atoms with Gasteiger partial charge in [0, 0.05) is 15.7 Å². The van der Waals surface area contributed by atoms with Crippen LogP contribution in [0, 0.1) is 0 Å². The molecule has 0 fully saturated rings. The Balaban J connectivity index is 1.82. The molecule has 0 aliphatic carbocycles. The third-order valence-corrected chi connectivity index (χ3v) is 4.44. The predicted octanol–water partition coefficient (Wildman–Crippen LogP) is 2.75. The number of nitrogens with one attached hydrogen (secondary N) is 2. The van der Waals surface area contributed by atoms with Gasteiger partial charge in [0.25, 0.3) is 11.8 Å². The number of aromatic amines is 1. The molecule has 0 saturated heterocycles. The number of carbonyl (C=O) groups excluding carboxylic acids is 2. The Morgan fingerprint density at radius 3 is 2.55 bits per heavy atom. The Bertz CT molecular complexity index is 1020. The molecule has 1 aromatic heterocycles. The van der Waals surface area contributed by atoms with Gasteiger partial charge in [-0.25, -0.2) is 0 Å². The van der Waals surface area contributed by atoms with Crippen molar-refractivity contribution in [2.24, 2.45) is 5.73 Å². The number of nitrogens with two attached hydrogens (primary N) is 1. The third kappa shape index (κ3) is 4.91. The number of hydrogen-bond acceptors (Lipinski definition) is 6. The van der Waals surface area contributed by atoms with E-state index in [4.69, 9.17) is 15.2 Å². The first-order chi connectivity index (χ1) is 14.0. The van der Waals surface area contributed by atoms with Crippen LogP contribution in [-0.2, 0) is 4.79 Å². The molecule has 29 heavy (non-hydrogen) atoms. The average Bonchev–Trinajstić information content (AvgIpc) is 3.19. The lowest BCUT2D eigenvalue weighted by Gasteiger charge is -2.14. The smallest absolute Gasteiger partial charge is 0.271 e. The van der Waals surface area contributed by atoms with Crippen LogP contribution in [0.1, 0.15) is 17.4 Å². The predicted molar refractivity (Wildman–Crippen MR) is 110 cm³/mol. The van der Waals surface area contributed by atoms with Gasteiger partial charge in [-0.05, 0) is 47.1 Å². The molecule has 0 atom stereocenters. The van der Waals surface area contributed by atoms with Crippen LogP contribution >= 0.6 is 15.9 Å². The monoisotopic (exact) mass is 459 g/mol. The van der Waals surface area contributed by atoms with Gasteiger partial charge in [-0.15, -0.1) is 0 Å². The molecule has 0 saturated carbocycles. The zero-order chi connectivity index (χ0) is 20.8. The molecule has 10 heteroatoms. The summed E-state index contributed by atoms with van der Waals surface area (Å²) in [5.41, 5.74) is 6.83. The van der Waals surface area contributed by atoms with Gasteiger partial charge in [-0.3, -0.25) is 9.59 Å². The maximum Gasteiger partial charge on any atom is 0.271 e.